The Kier molecular flexibility index (Phi) is 9.94. The van der Waals surface area contributed by atoms with Gasteiger partial charge in [0.25, 0.3) is 11.8 Å². The van der Waals surface area contributed by atoms with Crippen molar-refractivity contribution in [2.45, 2.75) is 61.6 Å². The number of fused-ring (bicyclic) bond motifs is 1. The van der Waals surface area contributed by atoms with Crippen LogP contribution in [-0.4, -0.2) is 53.2 Å². The quantitative estimate of drug-likeness (QED) is 0.194. The third kappa shape index (κ3) is 7.36. The van der Waals surface area contributed by atoms with Gasteiger partial charge in [-0.2, -0.15) is 0 Å². The molecule has 0 aliphatic heterocycles. The van der Waals surface area contributed by atoms with E-state index < -0.39 is 23.1 Å². The molecule has 1 saturated carbocycles. The van der Waals surface area contributed by atoms with E-state index in [2.05, 4.69) is 15.6 Å². The van der Waals surface area contributed by atoms with Gasteiger partial charge < -0.3 is 20.1 Å². The van der Waals surface area contributed by atoms with Gasteiger partial charge in [-0.25, -0.2) is 4.98 Å². The van der Waals surface area contributed by atoms with Crippen molar-refractivity contribution in [3.05, 3.63) is 53.6 Å². The zero-order chi connectivity index (χ0) is 27.8. The van der Waals surface area contributed by atoms with Crippen molar-refractivity contribution in [3.63, 3.8) is 0 Å². The molecule has 1 aromatic heterocycles. The molecule has 0 saturated heterocycles. The SMILES string of the molecule is CCOC(=O)C(Sc1nc2ccc(NC(=O)c3ccccc3C(=O)NC3CCCCC3)cc2s1)C(=O)OCC. The second-order valence-electron chi connectivity index (χ2n) is 8.97. The van der Waals surface area contributed by atoms with E-state index in [1.807, 2.05) is 0 Å². The highest BCUT2D eigenvalue weighted by molar-refractivity contribution is 8.03. The summed E-state index contributed by atoms with van der Waals surface area (Å²) in [4.78, 5) is 55.3. The lowest BCUT2D eigenvalue weighted by Crippen LogP contribution is -2.37. The molecular formula is C28H31N3O6S2. The molecule has 0 bridgehead atoms. The lowest BCUT2D eigenvalue weighted by molar-refractivity contribution is -0.152. The number of rotatable bonds is 10. The van der Waals surface area contributed by atoms with Crippen LogP contribution in [0.4, 0.5) is 5.69 Å². The smallest absolute Gasteiger partial charge is 0.331 e. The van der Waals surface area contributed by atoms with Crippen LogP contribution >= 0.6 is 23.1 Å². The Bertz CT molecular complexity index is 1330. The van der Waals surface area contributed by atoms with Gasteiger partial charge in [-0.05, 0) is 57.0 Å². The lowest BCUT2D eigenvalue weighted by Gasteiger charge is -2.23. The fourth-order valence-corrected chi connectivity index (χ4v) is 6.52. The number of thiazole rings is 1. The van der Waals surface area contributed by atoms with Gasteiger partial charge in [-0.15, -0.1) is 11.3 Å². The molecule has 0 spiro atoms. The van der Waals surface area contributed by atoms with Gasteiger partial charge in [0.2, 0.25) is 5.25 Å². The first-order valence-electron chi connectivity index (χ1n) is 13.0. The minimum absolute atomic E-state index is 0.135. The van der Waals surface area contributed by atoms with Crippen LogP contribution < -0.4 is 10.6 Å². The first kappa shape index (κ1) is 28.6. The summed E-state index contributed by atoms with van der Waals surface area (Å²) in [5.74, 6) is -2.00. The van der Waals surface area contributed by atoms with Crippen LogP contribution in [0.1, 0.15) is 66.7 Å². The number of nitrogens with one attached hydrogen (secondary N) is 2. The summed E-state index contributed by atoms with van der Waals surface area (Å²) in [5, 5.41) is 4.77. The van der Waals surface area contributed by atoms with E-state index in [-0.39, 0.29) is 30.7 Å². The Labute approximate surface area is 235 Å². The van der Waals surface area contributed by atoms with E-state index in [0.717, 1.165) is 42.1 Å². The van der Waals surface area contributed by atoms with Crippen molar-refractivity contribution in [3.8, 4) is 0 Å². The molecule has 2 amide bonds. The lowest BCUT2D eigenvalue weighted by atomic mass is 9.95. The van der Waals surface area contributed by atoms with Crippen molar-refractivity contribution in [1.29, 1.82) is 0 Å². The monoisotopic (exact) mass is 569 g/mol. The maximum Gasteiger partial charge on any atom is 0.331 e. The maximum absolute atomic E-state index is 13.2. The highest BCUT2D eigenvalue weighted by atomic mass is 32.2. The second kappa shape index (κ2) is 13.6. The van der Waals surface area contributed by atoms with Gasteiger partial charge in [0, 0.05) is 11.7 Å². The normalized spacial score (nSPS) is 13.7. The van der Waals surface area contributed by atoms with Gasteiger partial charge in [-0.3, -0.25) is 19.2 Å². The molecule has 1 aliphatic rings. The van der Waals surface area contributed by atoms with Crippen molar-refractivity contribution >= 4 is 62.8 Å². The fourth-order valence-electron chi connectivity index (χ4n) is 4.35. The Hall–Kier alpha value is -3.44. The number of anilines is 1. The molecule has 11 heteroatoms. The number of esters is 2. The molecule has 1 heterocycles. The van der Waals surface area contributed by atoms with Crippen LogP contribution in [-0.2, 0) is 19.1 Å². The Balaban J connectivity index is 1.48. The molecule has 1 aliphatic carbocycles. The number of hydrogen-bond donors (Lipinski definition) is 2. The minimum atomic E-state index is -1.18. The Morgan fingerprint density at radius 3 is 2.23 bits per heavy atom. The van der Waals surface area contributed by atoms with E-state index in [4.69, 9.17) is 9.47 Å². The molecule has 206 valence electrons. The number of nitrogens with zero attached hydrogens (tertiary/aromatic N) is 1. The third-order valence-electron chi connectivity index (χ3n) is 6.20. The topological polar surface area (TPSA) is 124 Å². The summed E-state index contributed by atoms with van der Waals surface area (Å²) >= 11 is 2.25. The van der Waals surface area contributed by atoms with Gasteiger partial charge in [0.1, 0.15) is 0 Å². The molecule has 2 aromatic carbocycles. The van der Waals surface area contributed by atoms with Crippen LogP contribution in [0.2, 0.25) is 0 Å². The average molecular weight is 570 g/mol. The van der Waals surface area contributed by atoms with Gasteiger partial charge in [-0.1, -0.05) is 43.2 Å². The van der Waals surface area contributed by atoms with Crippen molar-refractivity contribution in [2.75, 3.05) is 18.5 Å². The highest BCUT2D eigenvalue weighted by Gasteiger charge is 2.32. The molecule has 2 N–H and O–H groups in total. The third-order valence-corrected chi connectivity index (χ3v) is 8.47. The molecule has 9 nitrogen and oxygen atoms in total. The average Bonchev–Trinajstić information content (AvgIpc) is 3.34. The molecule has 39 heavy (non-hydrogen) atoms. The van der Waals surface area contributed by atoms with Crippen molar-refractivity contribution < 1.29 is 28.7 Å². The second-order valence-corrected chi connectivity index (χ2v) is 11.4. The van der Waals surface area contributed by atoms with E-state index in [1.165, 1.54) is 17.8 Å². The first-order chi connectivity index (χ1) is 18.9. The summed E-state index contributed by atoms with van der Waals surface area (Å²) in [6, 6.07) is 12.1. The number of ether oxygens (including phenoxy) is 2. The van der Waals surface area contributed by atoms with E-state index in [9.17, 15) is 19.2 Å². The zero-order valence-corrected chi connectivity index (χ0v) is 23.5. The number of carbonyl (C=O) groups is 4. The van der Waals surface area contributed by atoms with E-state index >= 15 is 0 Å². The highest BCUT2D eigenvalue weighted by Crippen LogP contribution is 2.34. The van der Waals surface area contributed by atoms with Gasteiger partial charge in [0.05, 0.1) is 34.6 Å². The zero-order valence-electron chi connectivity index (χ0n) is 21.9. The van der Waals surface area contributed by atoms with Crippen LogP contribution in [0.3, 0.4) is 0 Å². The largest absolute Gasteiger partial charge is 0.465 e. The Morgan fingerprint density at radius 1 is 0.949 bits per heavy atom. The number of thioether (sulfide) groups is 1. The summed E-state index contributed by atoms with van der Waals surface area (Å²) in [6.45, 7) is 3.62. The number of amides is 2. The molecule has 0 unspecified atom stereocenters. The van der Waals surface area contributed by atoms with Crippen LogP contribution in [0, 0.1) is 0 Å². The number of hydrogen-bond acceptors (Lipinski definition) is 9. The first-order valence-corrected chi connectivity index (χ1v) is 14.7. The van der Waals surface area contributed by atoms with Crippen LogP contribution in [0.15, 0.2) is 46.8 Å². The van der Waals surface area contributed by atoms with Crippen molar-refractivity contribution in [1.82, 2.24) is 10.3 Å². The predicted octanol–water partition coefficient (Wildman–Crippen LogP) is 5.20. The van der Waals surface area contributed by atoms with Gasteiger partial charge in [0.15, 0.2) is 4.34 Å². The van der Waals surface area contributed by atoms with Crippen molar-refractivity contribution in [2.24, 2.45) is 0 Å². The molecule has 1 fully saturated rings. The number of aromatic nitrogens is 1. The standard InChI is InChI=1S/C28H31N3O6S2/c1-3-36-26(34)23(27(35)37-4-2)39-28-31-21-15-14-18(16-22(21)38-28)30-25(33)20-13-9-8-12-19(20)24(32)29-17-10-6-5-7-11-17/h8-9,12-17,23H,3-7,10-11H2,1-2H3,(H,29,32)(H,30,33). The summed E-state index contributed by atoms with van der Waals surface area (Å²) in [6.07, 6.45) is 5.29. The molecular weight excluding hydrogens is 538 g/mol. The summed E-state index contributed by atoms with van der Waals surface area (Å²) in [7, 11) is 0. The molecule has 0 radical (unpaired) electrons. The fraction of sp³-hybridized carbons (Fsp3) is 0.393. The van der Waals surface area contributed by atoms with E-state index in [0.29, 0.717) is 21.1 Å². The van der Waals surface area contributed by atoms with Gasteiger partial charge >= 0.3 is 11.9 Å². The summed E-state index contributed by atoms with van der Waals surface area (Å²) in [5.41, 5.74) is 1.81. The number of benzene rings is 2. The predicted molar refractivity (Wildman–Crippen MR) is 151 cm³/mol. The molecule has 4 rings (SSSR count). The van der Waals surface area contributed by atoms with E-state index in [1.54, 1.807) is 56.3 Å². The van der Waals surface area contributed by atoms with Crippen LogP contribution in [0.25, 0.3) is 10.2 Å². The summed E-state index contributed by atoms with van der Waals surface area (Å²) < 4.78 is 11.3. The maximum atomic E-state index is 13.2. The number of carbonyl (C=O) groups excluding carboxylic acids is 4. The Morgan fingerprint density at radius 2 is 1.59 bits per heavy atom. The van der Waals surface area contributed by atoms with Crippen LogP contribution in [0.5, 0.6) is 0 Å². The molecule has 0 atom stereocenters. The minimum Gasteiger partial charge on any atom is -0.465 e. The molecule has 3 aromatic rings.